The number of nitrogens with zero attached hydrogens (tertiary/aromatic N) is 2. The van der Waals surface area contributed by atoms with Crippen molar-refractivity contribution >= 4 is 29.2 Å². The number of halogens is 1. The van der Waals surface area contributed by atoms with Gasteiger partial charge in [-0.05, 0) is 25.0 Å². The molecule has 7 nitrogen and oxygen atoms in total. The van der Waals surface area contributed by atoms with Crippen LogP contribution in [0.4, 0.5) is 5.69 Å². The Labute approximate surface area is 177 Å². The quantitative estimate of drug-likeness (QED) is 0.486. The van der Waals surface area contributed by atoms with Crippen LogP contribution in [0, 0.1) is 0 Å². The van der Waals surface area contributed by atoms with Gasteiger partial charge in [0.2, 0.25) is 5.91 Å². The van der Waals surface area contributed by atoms with E-state index >= 15 is 0 Å². The predicted octanol–water partition coefficient (Wildman–Crippen LogP) is 2.59. The first-order valence-corrected chi connectivity index (χ1v) is 10.3. The zero-order valence-corrected chi connectivity index (χ0v) is 18.1. The molecule has 1 fully saturated rings. The Morgan fingerprint density at radius 1 is 1.21 bits per heavy atom. The molecule has 1 aliphatic rings. The normalized spacial score (nSPS) is 14.8. The summed E-state index contributed by atoms with van der Waals surface area (Å²) in [6, 6.07) is 3.71. The molecule has 1 aromatic carbocycles. The van der Waals surface area contributed by atoms with Crippen molar-refractivity contribution < 1.29 is 19.1 Å². The third-order valence-electron chi connectivity index (χ3n) is 4.81. The fraction of sp³-hybridized carbons (Fsp3) is 0.524. The van der Waals surface area contributed by atoms with Crippen molar-refractivity contribution in [1.29, 1.82) is 0 Å². The third-order valence-corrected chi connectivity index (χ3v) is 5.16. The van der Waals surface area contributed by atoms with Crippen molar-refractivity contribution in [2.45, 2.75) is 20.3 Å². The SMILES string of the molecule is CCOC(=O)C=CCN1CCN(C(=O)CNc2cc(CC)c(Cl)cc2OC)CC1. The molecule has 1 aliphatic heterocycles. The maximum Gasteiger partial charge on any atom is 0.330 e. The minimum atomic E-state index is -0.323. The molecule has 1 aromatic rings. The number of esters is 1. The monoisotopic (exact) mass is 423 g/mol. The van der Waals surface area contributed by atoms with E-state index in [9.17, 15) is 9.59 Å². The first-order chi connectivity index (χ1) is 14.0. The molecule has 1 amide bonds. The van der Waals surface area contributed by atoms with Crippen LogP contribution in [-0.2, 0) is 20.7 Å². The van der Waals surface area contributed by atoms with Gasteiger partial charge >= 0.3 is 5.97 Å². The Balaban J connectivity index is 1.81. The number of methoxy groups -OCH3 is 1. The van der Waals surface area contributed by atoms with Crippen LogP contribution in [0.3, 0.4) is 0 Å². The van der Waals surface area contributed by atoms with E-state index < -0.39 is 0 Å². The van der Waals surface area contributed by atoms with E-state index in [4.69, 9.17) is 21.1 Å². The van der Waals surface area contributed by atoms with E-state index in [0.717, 1.165) is 30.8 Å². The second-order valence-corrected chi connectivity index (χ2v) is 7.09. The smallest absolute Gasteiger partial charge is 0.330 e. The molecule has 0 atom stereocenters. The highest BCUT2D eigenvalue weighted by molar-refractivity contribution is 6.31. The van der Waals surface area contributed by atoms with E-state index in [-0.39, 0.29) is 18.4 Å². The highest BCUT2D eigenvalue weighted by Crippen LogP contribution is 2.31. The van der Waals surface area contributed by atoms with E-state index in [1.807, 2.05) is 17.9 Å². The lowest BCUT2D eigenvalue weighted by atomic mass is 10.1. The molecular weight excluding hydrogens is 394 g/mol. The molecular formula is C21H30ClN3O4. The average Bonchev–Trinajstić information content (AvgIpc) is 2.73. The maximum absolute atomic E-state index is 12.6. The number of rotatable bonds is 9. The van der Waals surface area contributed by atoms with Gasteiger partial charge in [-0.25, -0.2) is 4.79 Å². The van der Waals surface area contributed by atoms with Gasteiger partial charge in [0.25, 0.3) is 0 Å². The number of hydrogen-bond acceptors (Lipinski definition) is 6. The molecule has 1 N–H and O–H groups in total. The third kappa shape index (κ3) is 6.94. The summed E-state index contributed by atoms with van der Waals surface area (Å²) in [5, 5.41) is 3.84. The largest absolute Gasteiger partial charge is 0.495 e. The predicted molar refractivity (Wildman–Crippen MR) is 115 cm³/mol. The zero-order chi connectivity index (χ0) is 21.2. The topological polar surface area (TPSA) is 71.1 Å². The summed E-state index contributed by atoms with van der Waals surface area (Å²) in [6.07, 6.45) is 4.06. The molecule has 0 aromatic heterocycles. The molecule has 0 bridgehead atoms. The zero-order valence-electron chi connectivity index (χ0n) is 17.4. The molecule has 8 heteroatoms. The molecule has 0 saturated carbocycles. The lowest BCUT2D eigenvalue weighted by Crippen LogP contribution is -2.50. The van der Waals surface area contributed by atoms with Gasteiger partial charge in [0.1, 0.15) is 5.75 Å². The van der Waals surface area contributed by atoms with E-state index in [2.05, 4.69) is 10.2 Å². The molecule has 0 aliphatic carbocycles. The first kappa shape index (κ1) is 23.0. The van der Waals surface area contributed by atoms with E-state index in [1.165, 1.54) is 6.08 Å². The van der Waals surface area contributed by atoms with Gasteiger partial charge < -0.3 is 19.7 Å². The van der Waals surface area contributed by atoms with Crippen molar-refractivity contribution in [3.05, 3.63) is 34.9 Å². The summed E-state index contributed by atoms with van der Waals surface area (Å²) in [6.45, 7) is 7.90. The summed E-state index contributed by atoms with van der Waals surface area (Å²) in [7, 11) is 1.58. The van der Waals surface area contributed by atoms with Gasteiger partial charge in [0.15, 0.2) is 0 Å². The van der Waals surface area contributed by atoms with Crippen molar-refractivity contribution in [3.63, 3.8) is 0 Å². The van der Waals surface area contributed by atoms with Crippen molar-refractivity contribution in [2.24, 2.45) is 0 Å². The fourth-order valence-corrected chi connectivity index (χ4v) is 3.42. The van der Waals surface area contributed by atoms with Crippen LogP contribution in [0.15, 0.2) is 24.3 Å². The van der Waals surface area contributed by atoms with Gasteiger partial charge in [-0.2, -0.15) is 0 Å². The standard InChI is InChI=1S/C21H30ClN3O4/c1-4-16-13-18(19(28-3)14-17(16)22)23-15-20(26)25-11-9-24(10-12-25)8-6-7-21(27)29-5-2/h6-7,13-14,23H,4-5,8-12,15H2,1-3H3. The number of nitrogens with one attached hydrogen (secondary N) is 1. The number of aryl methyl sites for hydroxylation is 1. The molecule has 0 spiro atoms. The van der Waals surface area contributed by atoms with Crippen molar-refractivity contribution in [3.8, 4) is 5.75 Å². The number of carbonyl (C=O) groups excluding carboxylic acids is 2. The van der Waals surface area contributed by atoms with Crippen LogP contribution >= 0.6 is 11.6 Å². The number of hydrogen-bond donors (Lipinski definition) is 1. The number of anilines is 1. The van der Waals surface area contributed by atoms with E-state index in [1.54, 1.807) is 26.2 Å². The molecule has 1 heterocycles. The Kier molecular flexibility index (Phi) is 9.28. The number of ether oxygens (including phenoxy) is 2. The maximum atomic E-state index is 12.6. The van der Waals surface area contributed by atoms with Gasteiger partial charge in [0.05, 0.1) is 25.9 Å². The lowest BCUT2D eigenvalue weighted by molar-refractivity contribution is -0.137. The highest BCUT2D eigenvalue weighted by atomic mass is 35.5. The van der Waals surface area contributed by atoms with Crippen LogP contribution < -0.4 is 10.1 Å². The van der Waals surface area contributed by atoms with Gasteiger partial charge in [-0.15, -0.1) is 0 Å². The number of piperazine rings is 1. The van der Waals surface area contributed by atoms with Gasteiger partial charge in [-0.3, -0.25) is 9.69 Å². The summed E-state index contributed by atoms with van der Waals surface area (Å²) in [4.78, 5) is 27.9. The Hall–Kier alpha value is -2.25. The summed E-state index contributed by atoms with van der Waals surface area (Å²) < 4.78 is 10.2. The minimum Gasteiger partial charge on any atom is -0.495 e. The first-order valence-electron chi connectivity index (χ1n) is 9.92. The van der Waals surface area contributed by atoms with Crippen molar-refractivity contribution in [2.75, 3.05) is 58.3 Å². The Morgan fingerprint density at radius 2 is 1.93 bits per heavy atom. The van der Waals surface area contributed by atoms with Gasteiger partial charge in [-0.1, -0.05) is 24.6 Å². The average molecular weight is 424 g/mol. The molecule has 0 radical (unpaired) electrons. The molecule has 1 saturated heterocycles. The minimum absolute atomic E-state index is 0.0433. The second-order valence-electron chi connectivity index (χ2n) is 6.69. The number of carbonyl (C=O) groups is 2. The molecule has 29 heavy (non-hydrogen) atoms. The van der Waals surface area contributed by atoms with Crippen molar-refractivity contribution in [1.82, 2.24) is 9.80 Å². The fourth-order valence-electron chi connectivity index (χ4n) is 3.13. The van der Waals surface area contributed by atoms with Crippen LogP contribution in [-0.4, -0.2) is 74.7 Å². The summed E-state index contributed by atoms with van der Waals surface area (Å²) in [5.41, 5.74) is 1.77. The number of amides is 1. The second kappa shape index (κ2) is 11.7. The summed E-state index contributed by atoms with van der Waals surface area (Å²) >= 11 is 6.23. The van der Waals surface area contributed by atoms with Crippen LogP contribution in [0.25, 0.3) is 0 Å². The molecule has 0 unspecified atom stereocenters. The van der Waals surface area contributed by atoms with E-state index in [0.29, 0.717) is 37.0 Å². The van der Waals surface area contributed by atoms with Crippen LogP contribution in [0.2, 0.25) is 5.02 Å². The van der Waals surface area contributed by atoms with Crippen LogP contribution in [0.5, 0.6) is 5.75 Å². The molecule has 2 rings (SSSR count). The molecule has 160 valence electrons. The lowest BCUT2D eigenvalue weighted by Gasteiger charge is -2.34. The Morgan fingerprint density at radius 3 is 2.55 bits per heavy atom. The van der Waals surface area contributed by atoms with Crippen LogP contribution in [0.1, 0.15) is 19.4 Å². The number of benzene rings is 1. The van der Waals surface area contributed by atoms with Gasteiger partial charge in [0, 0.05) is 49.9 Å². The highest BCUT2D eigenvalue weighted by Gasteiger charge is 2.20. The Bertz CT molecular complexity index is 731. The summed E-state index contributed by atoms with van der Waals surface area (Å²) in [5.74, 6) is 0.344.